The molecule has 0 saturated heterocycles. The van der Waals surface area contributed by atoms with E-state index in [1.807, 2.05) is 31.2 Å². The van der Waals surface area contributed by atoms with Gasteiger partial charge in [-0.05, 0) is 59.5 Å². The molecule has 0 unspecified atom stereocenters. The summed E-state index contributed by atoms with van der Waals surface area (Å²) in [4.78, 5) is 12.6. The fourth-order valence-corrected chi connectivity index (χ4v) is 3.14. The molecule has 1 amide bonds. The first kappa shape index (κ1) is 22.6. The summed E-state index contributed by atoms with van der Waals surface area (Å²) < 4.78 is 24.5. The van der Waals surface area contributed by atoms with Crippen molar-refractivity contribution in [3.63, 3.8) is 0 Å². The molecule has 0 saturated carbocycles. The Labute approximate surface area is 186 Å². The van der Waals surface area contributed by atoms with Crippen LogP contribution in [0.3, 0.4) is 0 Å². The second-order valence-electron chi connectivity index (χ2n) is 6.96. The van der Waals surface area contributed by atoms with Gasteiger partial charge in [0.25, 0.3) is 5.91 Å². The Hall–Kier alpha value is -4.11. The average Bonchev–Trinajstić information content (AvgIpc) is 2.81. The summed E-state index contributed by atoms with van der Waals surface area (Å²) in [6.07, 6.45) is 2.25. The minimum Gasteiger partial charge on any atom is -0.493 e. The topological polar surface area (TPSA) is 71.4 Å². The van der Waals surface area contributed by atoms with Gasteiger partial charge in [-0.25, -0.2) is 4.39 Å². The Morgan fingerprint density at radius 1 is 1.09 bits per heavy atom. The van der Waals surface area contributed by atoms with E-state index >= 15 is 0 Å². The molecule has 0 fully saturated rings. The highest BCUT2D eigenvalue weighted by Crippen LogP contribution is 2.30. The number of nitriles is 1. The van der Waals surface area contributed by atoms with Crippen molar-refractivity contribution < 1.29 is 18.7 Å². The number of carbonyl (C=O) groups excluding carboxylic acids is 1. The lowest BCUT2D eigenvalue weighted by Gasteiger charge is -2.12. The van der Waals surface area contributed by atoms with Gasteiger partial charge in [-0.15, -0.1) is 0 Å². The fourth-order valence-electron chi connectivity index (χ4n) is 3.14. The lowest BCUT2D eigenvalue weighted by molar-refractivity contribution is -0.112. The Bertz CT molecular complexity index is 1180. The molecule has 0 heterocycles. The van der Waals surface area contributed by atoms with E-state index in [2.05, 4.69) is 5.32 Å². The van der Waals surface area contributed by atoms with Crippen LogP contribution in [0.15, 0.2) is 72.3 Å². The standard InChI is InChI=1S/C26H23FN2O3/c1-3-20-8-4-5-10-23(20)29-26(30)21(16-28)13-18-11-12-24(25(15-18)31-2)32-17-19-7-6-9-22(27)14-19/h4-15H,3,17H2,1-2H3,(H,29,30)/b21-13+. The maximum absolute atomic E-state index is 13.3. The Kier molecular flexibility index (Phi) is 7.60. The highest BCUT2D eigenvalue weighted by molar-refractivity contribution is 6.10. The molecular formula is C26H23FN2O3. The van der Waals surface area contributed by atoms with Gasteiger partial charge in [0.2, 0.25) is 0 Å². The van der Waals surface area contributed by atoms with E-state index in [0.29, 0.717) is 28.3 Å². The first-order chi connectivity index (χ1) is 15.5. The van der Waals surface area contributed by atoms with Gasteiger partial charge in [0, 0.05) is 5.69 Å². The van der Waals surface area contributed by atoms with Crippen LogP contribution in [0.25, 0.3) is 6.08 Å². The number of nitrogens with one attached hydrogen (secondary N) is 1. The van der Waals surface area contributed by atoms with Gasteiger partial charge in [-0.2, -0.15) is 5.26 Å². The summed E-state index contributed by atoms with van der Waals surface area (Å²) in [6, 6.07) is 20.6. The second kappa shape index (κ2) is 10.8. The van der Waals surface area contributed by atoms with E-state index in [1.54, 1.807) is 36.4 Å². The van der Waals surface area contributed by atoms with Crippen LogP contribution in [-0.4, -0.2) is 13.0 Å². The van der Waals surface area contributed by atoms with Crippen molar-refractivity contribution in [2.24, 2.45) is 0 Å². The zero-order chi connectivity index (χ0) is 22.9. The Morgan fingerprint density at radius 3 is 2.62 bits per heavy atom. The number of benzene rings is 3. The molecular weight excluding hydrogens is 407 g/mol. The second-order valence-corrected chi connectivity index (χ2v) is 6.96. The molecule has 1 N–H and O–H groups in total. The first-order valence-corrected chi connectivity index (χ1v) is 10.1. The fraction of sp³-hybridized carbons (Fsp3) is 0.154. The Balaban J connectivity index is 1.77. The summed E-state index contributed by atoms with van der Waals surface area (Å²) in [6.45, 7) is 2.17. The van der Waals surface area contributed by atoms with E-state index in [-0.39, 0.29) is 18.0 Å². The summed E-state index contributed by atoms with van der Waals surface area (Å²) >= 11 is 0. The molecule has 0 spiro atoms. The summed E-state index contributed by atoms with van der Waals surface area (Å²) in [5.41, 5.74) is 2.92. The number of anilines is 1. The predicted molar refractivity (Wildman–Crippen MR) is 122 cm³/mol. The summed E-state index contributed by atoms with van der Waals surface area (Å²) in [7, 11) is 1.50. The number of para-hydroxylation sites is 1. The van der Waals surface area contributed by atoms with E-state index in [1.165, 1.54) is 25.3 Å². The summed E-state index contributed by atoms with van der Waals surface area (Å²) in [5, 5.41) is 12.3. The maximum Gasteiger partial charge on any atom is 0.266 e. The minimum atomic E-state index is -0.487. The average molecular weight is 430 g/mol. The molecule has 3 aromatic carbocycles. The number of nitrogens with zero attached hydrogens (tertiary/aromatic N) is 1. The lowest BCUT2D eigenvalue weighted by Crippen LogP contribution is -2.14. The third-order valence-electron chi connectivity index (χ3n) is 4.79. The van der Waals surface area contributed by atoms with Gasteiger partial charge in [-0.1, -0.05) is 43.3 Å². The molecule has 3 aromatic rings. The number of hydrogen-bond donors (Lipinski definition) is 1. The molecule has 0 aliphatic heterocycles. The van der Waals surface area contributed by atoms with Crippen LogP contribution in [0.1, 0.15) is 23.6 Å². The van der Waals surface area contributed by atoms with Crippen molar-refractivity contribution in [3.8, 4) is 17.6 Å². The zero-order valence-corrected chi connectivity index (χ0v) is 17.9. The number of amides is 1. The molecule has 5 nitrogen and oxygen atoms in total. The zero-order valence-electron chi connectivity index (χ0n) is 17.9. The van der Waals surface area contributed by atoms with E-state index < -0.39 is 5.91 Å². The van der Waals surface area contributed by atoms with Gasteiger partial charge in [0.15, 0.2) is 11.5 Å². The van der Waals surface area contributed by atoms with E-state index in [4.69, 9.17) is 9.47 Å². The third-order valence-corrected chi connectivity index (χ3v) is 4.79. The third kappa shape index (κ3) is 5.73. The smallest absolute Gasteiger partial charge is 0.266 e. The van der Waals surface area contributed by atoms with Crippen molar-refractivity contribution in [1.29, 1.82) is 5.26 Å². The number of rotatable bonds is 8. The number of carbonyl (C=O) groups is 1. The van der Waals surface area contributed by atoms with Gasteiger partial charge in [0.1, 0.15) is 24.1 Å². The van der Waals surface area contributed by atoms with E-state index in [0.717, 1.165) is 12.0 Å². The molecule has 0 aliphatic carbocycles. The molecule has 0 aliphatic rings. The van der Waals surface area contributed by atoms with Crippen molar-refractivity contribution in [1.82, 2.24) is 0 Å². The van der Waals surface area contributed by atoms with Crippen LogP contribution < -0.4 is 14.8 Å². The molecule has 6 heteroatoms. The van der Waals surface area contributed by atoms with Gasteiger partial charge >= 0.3 is 0 Å². The maximum atomic E-state index is 13.3. The van der Waals surface area contributed by atoms with Gasteiger partial charge in [0.05, 0.1) is 7.11 Å². The molecule has 3 rings (SSSR count). The van der Waals surface area contributed by atoms with Crippen molar-refractivity contribution >= 4 is 17.7 Å². The Morgan fingerprint density at radius 2 is 1.91 bits per heavy atom. The van der Waals surface area contributed by atoms with Crippen LogP contribution in [0.2, 0.25) is 0 Å². The minimum absolute atomic E-state index is 0.0358. The van der Waals surface area contributed by atoms with Crippen molar-refractivity contribution in [2.45, 2.75) is 20.0 Å². The molecule has 0 atom stereocenters. The summed E-state index contributed by atoms with van der Waals surface area (Å²) in [5.74, 6) is 0.0825. The van der Waals surface area contributed by atoms with Gasteiger partial charge < -0.3 is 14.8 Å². The van der Waals surface area contributed by atoms with Crippen LogP contribution in [0.5, 0.6) is 11.5 Å². The largest absolute Gasteiger partial charge is 0.493 e. The van der Waals surface area contributed by atoms with Crippen LogP contribution in [0.4, 0.5) is 10.1 Å². The molecule has 0 bridgehead atoms. The van der Waals surface area contributed by atoms with Crippen LogP contribution in [-0.2, 0) is 17.8 Å². The SMILES string of the molecule is CCc1ccccc1NC(=O)/C(C#N)=C/c1ccc(OCc2cccc(F)c2)c(OC)c1. The molecule has 162 valence electrons. The predicted octanol–water partition coefficient (Wildman–Crippen LogP) is 5.52. The van der Waals surface area contributed by atoms with Crippen molar-refractivity contribution in [2.75, 3.05) is 12.4 Å². The number of methoxy groups -OCH3 is 1. The highest BCUT2D eigenvalue weighted by Gasteiger charge is 2.13. The normalized spacial score (nSPS) is 10.9. The van der Waals surface area contributed by atoms with Gasteiger partial charge in [-0.3, -0.25) is 4.79 Å². The number of halogens is 1. The lowest BCUT2D eigenvalue weighted by atomic mass is 10.1. The van der Waals surface area contributed by atoms with E-state index in [9.17, 15) is 14.4 Å². The number of aryl methyl sites for hydroxylation is 1. The number of ether oxygens (including phenoxy) is 2. The van der Waals surface area contributed by atoms with Crippen LogP contribution >= 0.6 is 0 Å². The quantitative estimate of drug-likeness (QED) is 0.377. The van der Waals surface area contributed by atoms with Crippen molar-refractivity contribution in [3.05, 3.63) is 94.8 Å². The first-order valence-electron chi connectivity index (χ1n) is 10.1. The van der Waals surface area contributed by atoms with Crippen LogP contribution in [0, 0.1) is 17.1 Å². The molecule has 32 heavy (non-hydrogen) atoms. The highest BCUT2D eigenvalue weighted by atomic mass is 19.1. The monoisotopic (exact) mass is 430 g/mol. The number of hydrogen-bond acceptors (Lipinski definition) is 4. The molecule has 0 aromatic heterocycles. The molecule has 0 radical (unpaired) electrons.